The Balaban J connectivity index is 2.97. The van der Waals surface area contributed by atoms with Crippen LogP contribution in [-0.2, 0) is 16.1 Å². The maximum absolute atomic E-state index is 11.2. The van der Waals surface area contributed by atoms with Gasteiger partial charge in [0.05, 0.1) is 18.6 Å². The van der Waals surface area contributed by atoms with Crippen LogP contribution in [0.3, 0.4) is 0 Å². The molecule has 0 aromatic carbocycles. The van der Waals surface area contributed by atoms with Gasteiger partial charge in [0, 0.05) is 5.57 Å². The summed E-state index contributed by atoms with van der Waals surface area (Å²) in [6.45, 7) is 5.12. The lowest BCUT2D eigenvalue weighted by molar-refractivity contribution is -0.386. The van der Waals surface area contributed by atoms with Gasteiger partial charge in [-0.1, -0.05) is 6.08 Å². The molecule has 0 N–H and O–H groups in total. The van der Waals surface area contributed by atoms with Gasteiger partial charge in [0.25, 0.3) is 0 Å². The third kappa shape index (κ3) is 2.73. The van der Waals surface area contributed by atoms with Gasteiger partial charge in [0.2, 0.25) is 0 Å². The van der Waals surface area contributed by atoms with Crippen molar-refractivity contribution in [2.75, 3.05) is 7.11 Å². The maximum Gasteiger partial charge on any atom is 0.333 e. The van der Waals surface area contributed by atoms with Crippen LogP contribution in [0.15, 0.2) is 11.6 Å². The highest BCUT2D eigenvalue weighted by atomic mass is 16.6. The number of nitro groups is 1. The standard InChI is InChI=1S/C11H15N3O4/c1-7(11(15)18-4)5-6-13-9(3)10(14(16)17)8(2)12-13/h5H,6H2,1-4H3. The van der Waals surface area contributed by atoms with E-state index in [1.807, 2.05) is 0 Å². The van der Waals surface area contributed by atoms with Crippen molar-refractivity contribution in [3.8, 4) is 0 Å². The first-order chi connectivity index (χ1) is 8.38. The minimum Gasteiger partial charge on any atom is -0.466 e. The lowest BCUT2D eigenvalue weighted by atomic mass is 10.3. The first-order valence-electron chi connectivity index (χ1n) is 5.32. The average Bonchev–Trinajstić information content (AvgIpc) is 2.60. The number of hydrogen-bond acceptors (Lipinski definition) is 5. The number of aromatic nitrogens is 2. The fourth-order valence-corrected chi connectivity index (χ4v) is 1.60. The molecular weight excluding hydrogens is 238 g/mol. The first kappa shape index (κ1) is 13.9. The molecule has 0 spiro atoms. The molecule has 7 nitrogen and oxygen atoms in total. The molecule has 1 rings (SSSR count). The molecule has 0 saturated heterocycles. The third-order valence-corrected chi connectivity index (χ3v) is 2.60. The molecule has 1 aromatic heterocycles. The zero-order valence-electron chi connectivity index (χ0n) is 10.8. The molecule has 0 aliphatic rings. The predicted molar refractivity (Wildman–Crippen MR) is 64.1 cm³/mol. The SMILES string of the molecule is COC(=O)C(C)=CCn1nc(C)c([N+](=O)[O-])c1C. The molecule has 0 aliphatic heterocycles. The smallest absolute Gasteiger partial charge is 0.333 e. The Morgan fingerprint density at radius 1 is 1.56 bits per heavy atom. The van der Waals surface area contributed by atoms with Crippen LogP contribution in [0.1, 0.15) is 18.3 Å². The summed E-state index contributed by atoms with van der Waals surface area (Å²) < 4.78 is 6.04. The van der Waals surface area contributed by atoms with Gasteiger partial charge in [-0.05, 0) is 20.8 Å². The highest BCUT2D eigenvalue weighted by Gasteiger charge is 2.21. The summed E-state index contributed by atoms with van der Waals surface area (Å²) in [4.78, 5) is 21.5. The van der Waals surface area contributed by atoms with E-state index in [0.717, 1.165) is 0 Å². The van der Waals surface area contributed by atoms with Crippen molar-refractivity contribution < 1.29 is 14.5 Å². The van der Waals surface area contributed by atoms with Crippen molar-refractivity contribution in [1.82, 2.24) is 9.78 Å². The number of methoxy groups -OCH3 is 1. The van der Waals surface area contributed by atoms with Crippen molar-refractivity contribution >= 4 is 11.7 Å². The number of carbonyl (C=O) groups excluding carboxylic acids is 1. The maximum atomic E-state index is 11.2. The molecule has 0 atom stereocenters. The normalized spacial score (nSPS) is 11.4. The zero-order valence-corrected chi connectivity index (χ0v) is 10.8. The van der Waals surface area contributed by atoms with Crippen LogP contribution in [0, 0.1) is 24.0 Å². The van der Waals surface area contributed by atoms with E-state index in [1.54, 1.807) is 26.8 Å². The van der Waals surface area contributed by atoms with E-state index in [4.69, 9.17) is 0 Å². The summed E-state index contributed by atoms with van der Waals surface area (Å²) in [5, 5.41) is 14.9. The van der Waals surface area contributed by atoms with E-state index in [-0.39, 0.29) is 5.69 Å². The highest BCUT2D eigenvalue weighted by molar-refractivity contribution is 5.87. The summed E-state index contributed by atoms with van der Waals surface area (Å²) in [5.41, 5.74) is 1.28. The molecule has 0 amide bonds. The predicted octanol–water partition coefficient (Wildman–Crippen LogP) is 1.53. The lowest BCUT2D eigenvalue weighted by Crippen LogP contribution is -2.05. The second kappa shape index (κ2) is 5.44. The molecule has 1 heterocycles. The Morgan fingerprint density at radius 2 is 2.17 bits per heavy atom. The van der Waals surface area contributed by atoms with Crippen molar-refractivity contribution in [2.24, 2.45) is 0 Å². The third-order valence-electron chi connectivity index (χ3n) is 2.60. The Bertz CT molecular complexity index is 517. The van der Waals surface area contributed by atoms with Crippen LogP contribution >= 0.6 is 0 Å². The summed E-state index contributed by atoms with van der Waals surface area (Å²) >= 11 is 0. The number of esters is 1. The number of ether oxygens (including phenoxy) is 1. The largest absolute Gasteiger partial charge is 0.466 e. The van der Waals surface area contributed by atoms with Crippen LogP contribution in [0.25, 0.3) is 0 Å². The second-order valence-corrected chi connectivity index (χ2v) is 3.84. The van der Waals surface area contributed by atoms with E-state index in [0.29, 0.717) is 23.5 Å². The molecule has 18 heavy (non-hydrogen) atoms. The van der Waals surface area contributed by atoms with Crippen LogP contribution < -0.4 is 0 Å². The second-order valence-electron chi connectivity index (χ2n) is 3.84. The molecule has 7 heteroatoms. The number of hydrogen-bond donors (Lipinski definition) is 0. The molecule has 1 aromatic rings. The molecule has 98 valence electrons. The van der Waals surface area contributed by atoms with Gasteiger partial charge >= 0.3 is 11.7 Å². The van der Waals surface area contributed by atoms with Crippen molar-refractivity contribution in [1.29, 1.82) is 0 Å². The van der Waals surface area contributed by atoms with E-state index in [1.165, 1.54) is 11.8 Å². The van der Waals surface area contributed by atoms with E-state index in [2.05, 4.69) is 9.84 Å². The molecule has 0 unspecified atom stereocenters. The number of carbonyl (C=O) groups is 1. The molecular formula is C11H15N3O4. The summed E-state index contributed by atoms with van der Waals surface area (Å²) in [6, 6.07) is 0. The van der Waals surface area contributed by atoms with Gasteiger partial charge in [-0.25, -0.2) is 4.79 Å². The number of rotatable bonds is 4. The quantitative estimate of drug-likeness (QED) is 0.351. The first-order valence-corrected chi connectivity index (χ1v) is 5.32. The molecule has 0 aliphatic carbocycles. The Hall–Kier alpha value is -2.18. The fraction of sp³-hybridized carbons (Fsp3) is 0.455. The van der Waals surface area contributed by atoms with Crippen LogP contribution in [0.2, 0.25) is 0 Å². The molecule has 0 radical (unpaired) electrons. The van der Waals surface area contributed by atoms with Crippen molar-refractivity contribution in [2.45, 2.75) is 27.3 Å². The summed E-state index contributed by atoms with van der Waals surface area (Å²) in [5.74, 6) is -0.425. The van der Waals surface area contributed by atoms with E-state index >= 15 is 0 Å². The van der Waals surface area contributed by atoms with Gasteiger partial charge in [0.15, 0.2) is 0 Å². The van der Waals surface area contributed by atoms with Gasteiger partial charge in [0.1, 0.15) is 11.4 Å². The van der Waals surface area contributed by atoms with Crippen LogP contribution in [0.4, 0.5) is 5.69 Å². The van der Waals surface area contributed by atoms with Crippen LogP contribution in [-0.4, -0.2) is 27.8 Å². The Labute approximate surface area is 104 Å². The van der Waals surface area contributed by atoms with Gasteiger partial charge in [-0.2, -0.15) is 5.10 Å². The molecule has 0 saturated carbocycles. The summed E-state index contributed by atoms with van der Waals surface area (Å²) in [7, 11) is 1.30. The van der Waals surface area contributed by atoms with E-state index in [9.17, 15) is 14.9 Å². The molecule has 0 bridgehead atoms. The average molecular weight is 253 g/mol. The Kier molecular flexibility index (Phi) is 4.19. The van der Waals surface area contributed by atoms with Crippen LogP contribution in [0.5, 0.6) is 0 Å². The highest BCUT2D eigenvalue weighted by Crippen LogP contribution is 2.21. The zero-order chi connectivity index (χ0) is 13.9. The van der Waals surface area contributed by atoms with Gasteiger partial charge in [-0.3, -0.25) is 14.8 Å². The fourth-order valence-electron chi connectivity index (χ4n) is 1.60. The van der Waals surface area contributed by atoms with Crippen molar-refractivity contribution in [3.63, 3.8) is 0 Å². The molecule has 0 fully saturated rings. The minimum atomic E-state index is -0.453. The van der Waals surface area contributed by atoms with Gasteiger partial charge < -0.3 is 4.74 Å². The minimum absolute atomic E-state index is 0.0131. The number of nitrogens with zero attached hydrogens (tertiary/aromatic N) is 3. The number of allylic oxidation sites excluding steroid dienone is 1. The topological polar surface area (TPSA) is 87.3 Å². The monoisotopic (exact) mass is 253 g/mol. The van der Waals surface area contributed by atoms with Gasteiger partial charge in [-0.15, -0.1) is 0 Å². The van der Waals surface area contributed by atoms with E-state index < -0.39 is 10.9 Å². The number of aryl methyl sites for hydroxylation is 1. The lowest BCUT2D eigenvalue weighted by Gasteiger charge is -2.01. The Morgan fingerprint density at radius 3 is 2.61 bits per heavy atom. The summed E-state index contributed by atoms with van der Waals surface area (Å²) in [6.07, 6.45) is 1.62. The van der Waals surface area contributed by atoms with Crippen molar-refractivity contribution in [3.05, 3.63) is 33.2 Å².